The molecule has 2 aromatic rings. The molecule has 0 fully saturated rings. The molecule has 0 bridgehead atoms. The zero-order chi connectivity index (χ0) is 20.9. The van der Waals surface area contributed by atoms with Gasteiger partial charge in [-0.05, 0) is 29.8 Å². The van der Waals surface area contributed by atoms with Crippen molar-refractivity contribution in [3.8, 4) is 5.75 Å². The van der Waals surface area contributed by atoms with Crippen molar-refractivity contribution >= 4 is 23.5 Å². The lowest BCUT2D eigenvalue weighted by Gasteiger charge is -2.17. The second-order valence-corrected chi connectivity index (χ2v) is 7.30. The first-order valence-electron chi connectivity index (χ1n) is 8.71. The average Bonchev–Trinajstić information content (AvgIpc) is 2.65. The molecule has 2 aromatic carbocycles. The topological polar surface area (TPSA) is 105 Å². The Balaban J connectivity index is 2.03. The molecule has 0 saturated heterocycles. The fraction of sp³-hybridized carbons (Fsp3) is 0.286. The van der Waals surface area contributed by atoms with Crippen molar-refractivity contribution < 1.29 is 24.2 Å². The molecule has 3 N–H and O–H groups in total. The van der Waals surface area contributed by atoms with Crippen LogP contribution in [-0.2, 0) is 11.3 Å². The fourth-order valence-electron chi connectivity index (χ4n) is 2.37. The maximum Gasteiger partial charge on any atom is 0.339 e. The number of ether oxygens (including phenoxy) is 1. The number of aromatic carboxylic acids is 1. The summed E-state index contributed by atoms with van der Waals surface area (Å²) in [7, 11) is 1.37. The second-order valence-electron chi connectivity index (χ2n) is 7.30. The number of methoxy groups -OCH3 is 1. The van der Waals surface area contributed by atoms with E-state index < -0.39 is 11.4 Å². The number of nitrogens with one attached hydrogen (secondary N) is 2. The smallest absolute Gasteiger partial charge is 0.339 e. The van der Waals surface area contributed by atoms with Crippen LogP contribution in [0.2, 0.25) is 0 Å². The molecule has 0 heterocycles. The molecular weight excluding hydrogens is 360 g/mol. The van der Waals surface area contributed by atoms with Crippen LogP contribution < -0.4 is 15.4 Å². The predicted molar refractivity (Wildman–Crippen MR) is 106 cm³/mol. The first-order valence-corrected chi connectivity index (χ1v) is 8.71. The van der Waals surface area contributed by atoms with E-state index in [-0.39, 0.29) is 23.1 Å². The van der Waals surface area contributed by atoms with E-state index in [0.29, 0.717) is 17.8 Å². The maximum absolute atomic E-state index is 12.4. The summed E-state index contributed by atoms with van der Waals surface area (Å²) in [5.41, 5.74) is 1.29. The minimum absolute atomic E-state index is 0.0159. The van der Waals surface area contributed by atoms with Crippen molar-refractivity contribution in [3.63, 3.8) is 0 Å². The van der Waals surface area contributed by atoms with Gasteiger partial charge in [-0.25, -0.2) is 4.79 Å². The molecule has 0 saturated carbocycles. The number of amides is 2. The number of carbonyl (C=O) groups excluding carboxylic acids is 2. The highest BCUT2D eigenvalue weighted by molar-refractivity contribution is 6.04. The summed E-state index contributed by atoms with van der Waals surface area (Å²) in [5, 5.41) is 14.7. The quantitative estimate of drug-likeness (QED) is 0.709. The minimum Gasteiger partial charge on any atom is -0.496 e. The van der Waals surface area contributed by atoms with E-state index in [2.05, 4.69) is 10.6 Å². The number of carboxylic acids is 1. The van der Waals surface area contributed by atoms with Gasteiger partial charge in [-0.1, -0.05) is 32.9 Å². The van der Waals surface area contributed by atoms with Crippen LogP contribution in [0.3, 0.4) is 0 Å². The SMILES string of the molecule is COc1cc(NC(=O)c2ccc(CNC(=O)C(C)(C)C)cc2)ccc1C(=O)O. The molecule has 0 aromatic heterocycles. The van der Waals surface area contributed by atoms with Gasteiger partial charge in [0.05, 0.1) is 7.11 Å². The van der Waals surface area contributed by atoms with Gasteiger partial charge in [0.2, 0.25) is 5.91 Å². The van der Waals surface area contributed by atoms with Gasteiger partial charge in [0.15, 0.2) is 0 Å². The normalized spacial score (nSPS) is 10.9. The lowest BCUT2D eigenvalue weighted by Crippen LogP contribution is -2.34. The van der Waals surface area contributed by atoms with E-state index in [1.807, 2.05) is 20.8 Å². The Bertz CT molecular complexity index is 883. The summed E-state index contributed by atoms with van der Waals surface area (Å²) in [6.45, 7) is 5.90. The standard InChI is InChI=1S/C21H24N2O5/c1-21(2,3)20(27)22-12-13-5-7-14(8-6-13)18(24)23-15-9-10-16(19(25)26)17(11-15)28-4/h5-11H,12H2,1-4H3,(H,22,27)(H,23,24)(H,25,26). The van der Waals surface area contributed by atoms with E-state index in [1.165, 1.54) is 25.3 Å². The van der Waals surface area contributed by atoms with E-state index in [0.717, 1.165) is 5.56 Å². The first kappa shape index (κ1) is 21.0. The molecule has 0 aliphatic carbocycles. The number of hydrogen-bond acceptors (Lipinski definition) is 4. The third-order valence-corrected chi connectivity index (χ3v) is 4.04. The van der Waals surface area contributed by atoms with Gasteiger partial charge in [0.1, 0.15) is 11.3 Å². The highest BCUT2D eigenvalue weighted by Gasteiger charge is 2.20. The molecule has 2 rings (SSSR count). The summed E-state index contributed by atoms with van der Waals surface area (Å²) in [6.07, 6.45) is 0. The Hall–Kier alpha value is -3.35. The number of hydrogen-bond donors (Lipinski definition) is 3. The van der Waals surface area contributed by atoms with Crippen molar-refractivity contribution in [3.05, 3.63) is 59.2 Å². The zero-order valence-electron chi connectivity index (χ0n) is 16.3. The molecule has 148 valence electrons. The van der Waals surface area contributed by atoms with Crippen LogP contribution in [0.25, 0.3) is 0 Å². The molecule has 28 heavy (non-hydrogen) atoms. The number of benzene rings is 2. The summed E-state index contributed by atoms with van der Waals surface area (Å²) >= 11 is 0. The van der Waals surface area contributed by atoms with Crippen LogP contribution in [0, 0.1) is 5.41 Å². The highest BCUT2D eigenvalue weighted by Crippen LogP contribution is 2.23. The molecule has 0 radical (unpaired) electrons. The molecule has 0 spiro atoms. The van der Waals surface area contributed by atoms with Crippen molar-refractivity contribution in [2.75, 3.05) is 12.4 Å². The van der Waals surface area contributed by atoms with Crippen molar-refractivity contribution in [1.29, 1.82) is 0 Å². The summed E-state index contributed by atoms with van der Waals surface area (Å²) in [5.74, 6) is -1.33. The van der Waals surface area contributed by atoms with Crippen LogP contribution in [0.15, 0.2) is 42.5 Å². The van der Waals surface area contributed by atoms with Gasteiger partial charge in [-0.2, -0.15) is 0 Å². The highest BCUT2D eigenvalue weighted by atomic mass is 16.5. The van der Waals surface area contributed by atoms with Crippen LogP contribution in [0.1, 0.15) is 47.1 Å². The van der Waals surface area contributed by atoms with E-state index in [9.17, 15) is 14.4 Å². The average molecular weight is 384 g/mol. The number of rotatable bonds is 6. The third-order valence-electron chi connectivity index (χ3n) is 4.04. The van der Waals surface area contributed by atoms with Crippen molar-refractivity contribution in [2.24, 2.45) is 5.41 Å². The van der Waals surface area contributed by atoms with E-state index in [1.54, 1.807) is 24.3 Å². The summed E-state index contributed by atoms with van der Waals surface area (Å²) in [6, 6.07) is 11.2. The van der Waals surface area contributed by atoms with Crippen molar-refractivity contribution in [2.45, 2.75) is 27.3 Å². The first-order chi connectivity index (χ1) is 13.1. The molecule has 2 amide bonds. The largest absolute Gasteiger partial charge is 0.496 e. The van der Waals surface area contributed by atoms with Gasteiger partial charge in [-0.15, -0.1) is 0 Å². The molecule has 0 atom stereocenters. The van der Waals surface area contributed by atoms with Gasteiger partial charge in [0.25, 0.3) is 5.91 Å². The Morgan fingerprint density at radius 2 is 1.68 bits per heavy atom. The molecule has 0 aliphatic rings. The van der Waals surface area contributed by atoms with E-state index >= 15 is 0 Å². The lowest BCUT2D eigenvalue weighted by molar-refractivity contribution is -0.128. The molecular formula is C21H24N2O5. The Kier molecular flexibility index (Phi) is 6.41. The van der Waals surface area contributed by atoms with Gasteiger partial charge < -0.3 is 20.5 Å². The van der Waals surface area contributed by atoms with Crippen LogP contribution in [0.4, 0.5) is 5.69 Å². The minimum atomic E-state index is -1.11. The van der Waals surface area contributed by atoms with Crippen LogP contribution >= 0.6 is 0 Å². The molecule has 7 heteroatoms. The zero-order valence-corrected chi connectivity index (χ0v) is 16.3. The third kappa shape index (κ3) is 5.33. The summed E-state index contributed by atoms with van der Waals surface area (Å²) in [4.78, 5) is 35.4. The molecule has 7 nitrogen and oxygen atoms in total. The van der Waals surface area contributed by atoms with Crippen LogP contribution in [-0.4, -0.2) is 30.0 Å². The van der Waals surface area contributed by atoms with Crippen molar-refractivity contribution in [1.82, 2.24) is 5.32 Å². The van der Waals surface area contributed by atoms with Gasteiger partial charge in [0, 0.05) is 29.3 Å². The fourth-order valence-corrected chi connectivity index (χ4v) is 2.37. The van der Waals surface area contributed by atoms with E-state index in [4.69, 9.17) is 9.84 Å². The summed E-state index contributed by atoms with van der Waals surface area (Å²) < 4.78 is 5.05. The molecule has 0 aliphatic heterocycles. The number of carboxylic acid groups (broad SMARTS) is 1. The number of anilines is 1. The maximum atomic E-state index is 12.4. The second kappa shape index (κ2) is 8.56. The number of carbonyl (C=O) groups is 3. The Labute approximate surface area is 163 Å². The van der Waals surface area contributed by atoms with Gasteiger partial charge >= 0.3 is 5.97 Å². The molecule has 0 unspecified atom stereocenters. The van der Waals surface area contributed by atoms with Crippen LogP contribution in [0.5, 0.6) is 5.75 Å². The Morgan fingerprint density at radius 3 is 2.21 bits per heavy atom. The predicted octanol–water partition coefficient (Wildman–Crippen LogP) is 3.31. The van der Waals surface area contributed by atoms with Gasteiger partial charge in [-0.3, -0.25) is 9.59 Å². The lowest BCUT2D eigenvalue weighted by atomic mass is 9.95. The monoisotopic (exact) mass is 384 g/mol. The Morgan fingerprint density at radius 1 is 1.04 bits per heavy atom.